The Balaban J connectivity index is 2.34. The molecule has 1 N–H and O–H groups in total. The molecule has 1 heterocycles. The highest BCUT2D eigenvalue weighted by Gasteiger charge is 1.95. The van der Waals surface area contributed by atoms with Crippen molar-refractivity contribution in [3.63, 3.8) is 0 Å². The number of carboxylic acids is 1. The molecule has 0 aliphatic heterocycles. The predicted octanol–water partition coefficient (Wildman–Crippen LogP) is 2.16. The lowest BCUT2D eigenvalue weighted by Crippen LogP contribution is -1.89. The molecule has 13 heavy (non-hydrogen) atoms. The van der Waals surface area contributed by atoms with Gasteiger partial charge in [0.1, 0.15) is 11.5 Å². The van der Waals surface area contributed by atoms with E-state index in [9.17, 15) is 4.79 Å². The van der Waals surface area contributed by atoms with E-state index >= 15 is 0 Å². The van der Waals surface area contributed by atoms with Crippen molar-refractivity contribution in [3.8, 4) is 0 Å². The molecular formula is C10H12O3. The van der Waals surface area contributed by atoms with Crippen LogP contribution in [0.15, 0.2) is 28.7 Å². The summed E-state index contributed by atoms with van der Waals surface area (Å²) in [5.74, 6) is 0.924. The molecule has 0 spiro atoms. The second kappa shape index (κ2) is 4.50. The van der Waals surface area contributed by atoms with Gasteiger partial charge in [-0.1, -0.05) is 12.2 Å². The lowest BCUT2D eigenvalue weighted by molar-refractivity contribution is -0.136. The average Bonchev–Trinajstić information content (AvgIpc) is 2.45. The van der Waals surface area contributed by atoms with Crippen LogP contribution in [0.5, 0.6) is 0 Å². The van der Waals surface area contributed by atoms with Gasteiger partial charge in [-0.25, -0.2) is 0 Å². The molecule has 0 aliphatic carbocycles. The molecule has 1 aromatic heterocycles. The third-order valence-electron chi connectivity index (χ3n) is 1.57. The Bertz CT molecular complexity index is 310. The second-order valence-electron chi connectivity index (χ2n) is 2.79. The second-order valence-corrected chi connectivity index (χ2v) is 2.79. The number of rotatable bonds is 4. The largest absolute Gasteiger partial charge is 0.481 e. The summed E-state index contributed by atoms with van der Waals surface area (Å²) in [7, 11) is 0. The summed E-state index contributed by atoms with van der Waals surface area (Å²) in [6.07, 6.45) is 4.15. The molecule has 0 atom stereocenters. The number of furan rings is 1. The smallest absolute Gasteiger partial charge is 0.307 e. The number of carbonyl (C=O) groups is 1. The number of hydrogen-bond acceptors (Lipinski definition) is 2. The molecule has 0 bridgehead atoms. The summed E-state index contributed by atoms with van der Waals surface area (Å²) >= 11 is 0. The van der Waals surface area contributed by atoms with Crippen LogP contribution in [-0.2, 0) is 11.2 Å². The van der Waals surface area contributed by atoms with Crippen LogP contribution in [-0.4, -0.2) is 11.1 Å². The number of aryl methyl sites for hydroxylation is 1. The predicted molar refractivity (Wildman–Crippen MR) is 48.5 cm³/mol. The maximum atomic E-state index is 10.1. The first-order valence-electron chi connectivity index (χ1n) is 4.10. The van der Waals surface area contributed by atoms with Crippen LogP contribution in [0.2, 0.25) is 0 Å². The van der Waals surface area contributed by atoms with Crippen LogP contribution < -0.4 is 0 Å². The SMILES string of the molecule is Cc1ccc(CC=CCC(=O)O)o1. The molecule has 0 unspecified atom stereocenters. The molecule has 0 aromatic carbocycles. The summed E-state index contributed by atoms with van der Waals surface area (Å²) in [4.78, 5) is 10.1. The fraction of sp³-hybridized carbons (Fsp3) is 0.300. The number of carboxylic acid groups (broad SMARTS) is 1. The highest BCUT2D eigenvalue weighted by Crippen LogP contribution is 2.07. The highest BCUT2D eigenvalue weighted by molar-refractivity contribution is 5.68. The summed E-state index contributed by atoms with van der Waals surface area (Å²) in [6, 6.07) is 3.78. The quantitative estimate of drug-likeness (QED) is 0.722. The van der Waals surface area contributed by atoms with Crippen molar-refractivity contribution < 1.29 is 14.3 Å². The minimum Gasteiger partial charge on any atom is -0.481 e. The molecule has 3 nitrogen and oxygen atoms in total. The van der Waals surface area contributed by atoms with Crippen molar-refractivity contribution in [1.29, 1.82) is 0 Å². The van der Waals surface area contributed by atoms with E-state index in [0.717, 1.165) is 11.5 Å². The molecule has 0 fully saturated rings. The standard InChI is InChI=1S/C10H12O3/c1-8-6-7-9(13-8)4-2-3-5-10(11)12/h2-3,6-7H,4-5H2,1H3,(H,11,12). The first-order chi connectivity index (χ1) is 6.18. The molecular weight excluding hydrogens is 168 g/mol. The van der Waals surface area contributed by atoms with Crippen molar-refractivity contribution in [3.05, 3.63) is 35.8 Å². The maximum absolute atomic E-state index is 10.1. The van der Waals surface area contributed by atoms with Crippen LogP contribution in [0.3, 0.4) is 0 Å². The van der Waals surface area contributed by atoms with Gasteiger partial charge in [-0.15, -0.1) is 0 Å². The van der Waals surface area contributed by atoms with E-state index in [4.69, 9.17) is 9.52 Å². The number of hydrogen-bond donors (Lipinski definition) is 1. The van der Waals surface area contributed by atoms with Gasteiger partial charge in [0.2, 0.25) is 0 Å². The molecule has 0 saturated heterocycles. The van der Waals surface area contributed by atoms with E-state index in [1.165, 1.54) is 0 Å². The summed E-state index contributed by atoms with van der Waals surface area (Å²) in [6.45, 7) is 1.88. The normalized spacial score (nSPS) is 10.8. The van der Waals surface area contributed by atoms with Gasteiger partial charge in [-0.3, -0.25) is 4.79 Å². The van der Waals surface area contributed by atoms with Gasteiger partial charge in [0.25, 0.3) is 0 Å². The third kappa shape index (κ3) is 3.60. The van der Waals surface area contributed by atoms with Crippen LogP contribution in [0.4, 0.5) is 0 Å². The van der Waals surface area contributed by atoms with Gasteiger partial charge >= 0.3 is 5.97 Å². The molecule has 0 saturated carbocycles. The van der Waals surface area contributed by atoms with Crippen molar-refractivity contribution in [2.24, 2.45) is 0 Å². The van der Waals surface area contributed by atoms with Crippen molar-refractivity contribution >= 4 is 5.97 Å². The minimum absolute atomic E-state index is 0.0691. The van der Waals surface area contributed by atoms with Gasteiger partial charge in [0, 0.05) is 6.42 Å². The molecule has 1 aromatic rings. The lowest BCUT2D eigenvalue weighted by atomic mass is 10.3. The van der Waals surface area contributed by atoms with E-state index < -0.39 is 5.97 Å². The zero-order valence-electron chi connectivity index (χ0n) is 7.49. The maximum Gasteiger partial charge on any atom is 0.307 e. The molecule has 3 heteroatoms. The first kappa shape index (κ1) is 9.58. The zero-order valence-corrected chi connectivity index (χ0v) is 7.49. The highest BCUT2D eigenvalue weighted by atomic mass is 16.4. The van der Waals surface area contributed by atoms with E-state index in [1.807, 2.05) is 19.1 Å². The molecule has 0 aliphatic rings. The average molecular weight is 180 g/mol. The summed E-state index contributed by atoms with van der Waals surface area (Å²) < 4.78 is 5.29. The topological polar surface area (TPSA) is 50.4 Å². The van der Waals surface area contributed by atoms with Crippen molar-refractivity contribution in [2.45, 2.75) is 19.8 Å². The number of allylic oxidation sites excluding steroid dienone is 1. The van der Waals surface area contributed by atoms with Crippen molar-refractivity contribution in [1.82, 2.24) is 0 Å². The van der Waals surface area contributed by atoms with Gasteiger partial charge in [0.15, 0.2) is 0 Å². The van der Waals surface area contributed by atoms with E-state index in [0.29, 0.717) is 6.42 Å². The van der Waals surface area contributed by atoms with Gasteiger partial charge in [-0.2, -0.15) is 0 Å². The summed E-state index contributed by atoms with van der Waals surface area (Å²) in [5.41, 5.74) is 0. The molecule has 0 amide bonds. The Morgan fingerprint density at radius 2 is 2.31 bits per heavy atom. The van der Waals surface area contributed by atoms with Crippen LogP contribution >= 0.6 is 0 Å². The zero-order chi connectivity index (χ0) is 9.68. The minimum atomic E-state index is -0.813. The molecule has 1 rings (SSSR count). The fourth-order valence-corrected chi connectivity index (χ4v) is 0.978. The third-order valence-corrected chi connectivity index (χ3v) is 1.57. The van der Waals surface area contributed by atoms with Gasteiger partial charge in [0.05, 0.1) is 6.42 Å². The first-order valence-corrected chi connectivity index (χ1v) is 4.10. The van der Waals surface area contributed by atoms with E-state index in [2.05, 4.69) is 0 Å². The lowest BCUT2D eigenvalue weighted by Gasteiger charge is -1.88. The van der Waals surface area contributed by atoms with Gasteiger partial charge < -0.3 is 9.52 Å². The van der Waals surface area contributed by atoms with Crippen LogP contribution in [0.1, 0.15) is 17.9 Å². The molecule has 70 valence electrons. The van der Waals surface area contributed by atoms with Crippen molar-refractivity contribution in [2.75, 3.05) is 0 Å². The Kier molecular flexibility index (Phi) is 3.31. The Labute approximate surface area is 76.7 Å². The monoisotopic (exact) mass is 180 g/mol. The van der Waals surface area contributed by atoms with E-state index in [1.54, 1.807) is 12.2 Å². The van der Waals surface area contributed by atoms with E-state index in [-0.39, 0.29) is 6.42 Å². The number of aliphatic carboxylic acids is 1. The molecule has 0 radical (unpaired) electrons. The Morgan fingerprint density at radius 1 is 1.54 bits per heavy atom. The Morgan fingerprint density at radius 3 is 2.85 bits per heavy atom. The van der Waals surface area contributed by atoms with Gasteiger partial charge in [-0.05, 0) is 19.1 Å². The summed E-state index contributed by atoms with van der Waals surface area (Å²) in [5, 5.41) is 8.34. The van der Waals surface area contributed by atoms with Crippen LogP contribution in [0, 0.1) is 6.92 Å². The Hall–Kier alpha value is -1.51. The van der Waals surface area contributed by atoms with Crippen LogP contribution in [0.25, 0.3) is 0 Å². The fourth-order valence-electron chi connectivity index (χ4n) is 0.978.